The van der Waals surface area contributed by atoms with Crippen LogP contribution in [0.25, 0.3) is 0 Å². The molecule has 2 nitrogen and oxygen atoms in total. The number of rotatable bonds is 3. The lowest BCUT2D eigenvalue weighted by molar-refractivity contribution is -0.618. The molecule has 0 saturated carbocycles. The van der Waals surface area contributed by atoms with Gasteiger partial charge in [-0.1, -0.05) is 72.3 Å². The van der Waals surface area contributed by atoms with Crippen LogP contribution in [0.15, 0.2) is 83.9 Å². The van der Waals surface area contributed by atoms with E-state index in [-0.39, 0.29) is 6.04 Å². The van der Waals surface area contributed by atoms with E-state index >= 15 is 0 Å². The van der Waals surface area contributed by atoms with E-state index in [1.165, 1.54) is 33.7 Å². The van der Waals surface area contributed by atoms with E-state index in [1.807, 2.05) is 0 Å². The molecule has 130 valence electrons. The molecule has 1 unspecified atom stereocenters. The highest BCUT2D eigenvalue weighted by atomic mass is 15.0. The molecule has 1 aliphatic heterocycles. The Morgan fingerprint density at radius 1 is 0.885 bits per heavy atom. The largest absolute Gasteiger partial charge is 0.307 e. The molecule has 0 spiro atoms. The standard InChI is InChI=1S/C24H24N2/c1-17-12-14-20(15-13-17)23-16-24(21-10-6-7-11-22(21)26-23)25-18(2)19-8-4-3-5-9-19/h3-15,18,23,26H,16H2,1-2H3/p+1/t18-,23?/m1/s1. The molecule has 0 aliphatic carbocycles. The number of hydrogen-bond acceptors (Lipinski definition) is 1. The first kappa shape index (κ1) is 16.7. The average Bonchev–Trinajstić information content (AvgIpc) is 2.69. The molecule has 4 rings (SSSR count). The van der Waals surface area contributed by atoms with Crippen LogP contribution in [0.1, 0.15) is 47.7 Å². The quantitative estimate of drug-likeness (QED) is 0.658. The number of nitrogens with zero attached hydrogens (tertiary/aromatic N) is 1. The van der Waals surface area contributed by atoms with Gasteiger partial charge in [-0.2, -0.15) is 0 Å². The van der Waals surface area contributed by atoms with Crippen molar-refractivity contribution in [3.63, 3.8) is 0 Å². The van der Waals surface area contributed by atoms with Crippen molar-refractivity contribution in [3.05, 3.63) is 101 Å². The maximum Gasteiger partial charge on any atom is 0.139 e. The number of fused-ring (bicyclic) bond motifs is 1. The van der Waals surface area contributed by atoms with Gasteiger partial charge < -0.3 is 5.32 Å². The average molecular weight is 341 g/mol. The van der Waals surface area contributed by atoms with E-state index in [4.69, 9.17) is 4.99 Å². The maximum absolute atomic E-state index is 5.14. The van der Waals surface area contributed by atoms with Crippen molar-refractivity contribution in [1.82, 2.24) is 0 Å². The van der Waals surface area contributed by atoms with E-state index in [2.05, 4.69) is 98.0 Å². The zero-order valence-corrected chi connectivity index (χ0v) is 15.4. The van der Waals surface area contributed by atoms with Crippen LogP contribution in [0.2, 0.25) is 0 Å². The second-order valence-electron chi connectivity index (χ2n) is 7.14. The van der Waals surface area contributed by atoms with Gasteiger partial charge in [-0.15, -0.1) is 0 Å². The van der Waals surface area contributed by atoms with E-state index in [0.29, 0.717) is 6.04 Å². The minimum absolute atomic E-state index is 0.163. The summed E-state index contributed by atoms with van der Waals surface area (Å²) in [7, 11) is 0. The van der Waals surface area contributed by atoms with Crippen molar-refractivity contribution >= 4 is 11.4 Å². The van der Waals surface area contributed by atoms with Crippen LogP contribution >= 0.6 is 0 Å². The van der Waals surface area contributed by atoms with E-state index in [0.717, 1.165) is 6.42 Å². The zero-order valence-electron chi connectivity index (χ0n) is 15.4. The molecule has 0 bridgehead atoms. The summed E-state index contributed by atoms with van der Waals surface area (Å²) in [6.45, 7) is 4.32. The Morgan fingerprint density at radius 3 is 2.35 bits per heavy atom. The fraction of sp³-hybridized carbons (Fsp3) is 0.208. The topological polar surface area (TPSA) is 29.0 Å². The van der Waals surface area contributed by atoms with Gasteiger partial charge in [0.05, 0.1) is 17.3 Å². The number of para-hydroxylation sites is 1. The summed E-state index contributed by atoms with van der Waals surface area (Å²) in [5.41, 5.74) is 7.72. The molecule has 2 atom stereocenters. The monoisotopic (exact) mass is 341 g/mol. The van der Waals surface area contributed by atoms with E-state index in [1.54, 1.807) is 0 Å². The molecule has 2 N–H and O–H groups in total. The van der Waals surface area contributed by atoms with Gasteiger partial charge in [-0.05, 0) is 31.5 Å². The molecular formula is C24H25N2+. The van der Waals surface area contributed by atoms with Gasteiger partial charge in [0, 0.05) is 12.0 Å². The molecule has 1 heterocycles. The molecule has 2 heteroatoms. The summed E-state index contributed by atoms with van der Waals surface area (Å²) >= 11 is 0. The zero-order chi connectivity index (χ0) is 17.9. The fourth-order valence-corrected chi connectivity index (χ4v) is 3.69. The number of nitrogens with two attached hydrogens (primary N) is 1. The smallest absolute Gasteiger partial charge is 0.139 e. The molecule has 0 fully saturated rings. The Labute approximate surface area is 155 Å². The van der Waals surface area contributed by atoms with Crippen LogP contribution in [-0.4, -0.2) is 5.71 Å². The predicted octanol–water partition coefficient (Wildman–Crippen LogP) is 4.89. The Morgan fingerprint density at radius 2 is 1.58 bits per heavy atom. The number of aryl methyl sites for hydroxylation is 1. The number of hydrogen-bond donors (Lipinski definition) is 1. The van der Waals surface area contributed by atoms with Crippen molar-refractivity contribution in [2.24, 2.45) is 4.99 Å². The Hall–Kier alpha value is -2.71. The molecular weight excluding hydrogens is 316 g/mol. The lowest BCUT2D eigenvalue weighted by atomic mass is 9.91. The number of quaternary nitrogens is 1. The van der Waals surface area contributed by atoms with E-state index in [9.17, 15) is 0 Å². The maximum atomic E-state index is 5.14. The van der Waals surface area contributed by atoms with Gasteiger partial charge in [-0.3, -0.25) is 4.99 Å². The number of aliphatic imine (C=N–C) groups is 1. The lowest BCUT2D eigenvalue weighted by Crippen LogP contribution is -2.81. The Balaban J connectivity index is 1.70. The van der Waals surface area contributed by atoms with Crippen molar-refractivity contribution in [3.8, 4) is 0 Å². The summed E-state index contributed by atoms with van der Waals surface area (Å²) in [5.74, 6) is 0. The minimum Gasteiger partial charge on any atom is -0.307 e. The van der Waals surface area contributed by atoms with Crippen molar-refractivity contribution < 1.29 is 5.32 Å². The van der Waals surface area contributed by atoms with Crippen molar-refractivity contribution in [2.75, 3.05) is 0 Å². The molecule has 3 aromatic rings. The molecule has 0 aromatic heterocycles. The van der Waals surface area contributed by atoms with Crippen LogP contribution in [0.4, 0.5) is 5.69 Å². The van der Waals surface area contributed by atoms with Crippen LogP contribution in [0, 0.1) is 6.92 Å². The third kappa shape index (κ3) is 3.47. The molecule has 3 aromatic carbocycles. The van der Waals surface area contributed by atoms with E-state index < -0.39 is 0 Å². The van der Waals surface area contributed by atoms with Crippen molar-refractivity contribution in [1.29, 1.82) is 0 Å². The minimum atomic E-state index is 0.163. The highest BCUT2D eigenvalue weighted by Crippen LogP contribution is 2.28. The molecule has 0 amide bonds. The summed E-state index contributed by atoms with van der Waals surface area (Å²) < 4.78 is 0. The first-order valence-corrected chi connectivity index (χ1v) is 9.33. The van der Waals surface area contributed by atoms with Gasteiger partial charge in [0.2, 0.25) is 0 Å². The SMILES string of the molecule is Cc1ccc(C2CC(=N[C@H](C)c3ccccc3)c3ccccc3[NH2+]2)cc1. The first-order chi connectivity index (χ1) is 12.7. The van der Waals surface area contributed by atoms with Crippen LogP contribution in [0.5, 0.6) is 0 Å². The predicted molar refractivity (Wildman–Crippen MR) is 108 cm³/mol. The molecule has 1 aliphatic rings. The lowest BCUT2D eigenvalue weighted by Gasteiger charge is -2.25. The first-order valence-electron chi connectivity index (χ1n) is 9.33. The van der Waals surface area contributed by atoms with Crippen LogP contribution in [-0.2, 0) is 0 Å². The van der Waals surface area contributed by atoms with Crippen molar-refractivity contribution in [2.45, 2.75) is 32.4 Å². The van der Waals surface area contributed by atoms with Gasteiger partial charge in [-0.25, -0.2) is 0 Å². The normalized spacial score (nSPS) is 19.2. The third-order valence-electron chi connectivity index (χ3n) is 5.20. The van der Waals surface area contributed by atoms with Gasteiger partial charge in [0.15, 0.2) is 0 Å². The second kappa shape index (κ2) is 7.27. The van der Waals surface area contributed by atoms with Gasteiger partial charge in [0.25, 0.3) is 0 Å². The van der Waals surface area contributed by atoms with Gasteiger partial charge >= 0.3 is 0 Å². The summed E-state index contributed by atoms with van der Waals surface area (Å²) in [4.78, 5) is 5.14. The van der Waals surface area contributed by atoms with Crippen LogP contribution < -0.4 is 5.32 Å². The highest BCUT2D eigenvalue weighted by molar-refractivity contribution is 6.04. The Bertz CT molecular complexity index is 910. The van der Waals surface area contributed by atoms with Gasteiger partial charge in [0.1, 0.15) is 11.7 Å². The highest BCUT2D eigenvalue weighted by Gasteiger charge is 2.28. The number of benzene rings is 3. The summed E-state index contributed by atoms with van der Waals surface area (Å²) in [5, 5.41) is 2.40. The summed E-state index contributed by atoms with van der Waals surface area (Å²) in [6.07, 6.45) is 0.956. The van der Waals surface area contributed by atoms with Crippen LogP contribution in [0.3, 0.4) is 0 Å². The molecule has 0 radical (unpaired) electrons. The third-order valence-corrected chi connectivity index (χ3v) is 5.20. The Kier molecular flexibility index (Phi) is 4.68. The molecule has 0 saturated heterocycles. The fourth-order valence-electron chi connectivity index (χ4n) is 3.69. The second-order valence-corrected chi connectivity index (χ2v) is 7.14. The summed E-state index contributed by atoms with van der Waals surface area (Å²) in [6, 6.07) is 28.6. The molecule has 26 heavy (non-hydrogen) atoms.